The van der Waals surface area contributed by atoms with E-state index in [1.165, 1.54) is 18.4 Å². The monoisotopic (exact) mass is 528 g/mol. The number of allylic oxidation sites excluding steroid dienone is 1. The molecule has 0 saturated carbocycles. The highest BCUT2D eigenvalue weighted by Crippen LogP contribution is 2.40. The number of benzene rings is 3. The zero-order valence-electron chi connectivity index (χ0n) is 21.7. The molecule has 0 spiro atoms. The fourth-order valence-corrected chi connectivity index (χ4v) is 5.81. The van der Waals surface area contributed by atoms with Crippen LogP contribution < -0.4 is 24.4 Å². The Labute approximate surface area is 223 Å². The molecule has 0 bridgehead atoms. The largest absolute Gasteiger partial charge is 0.493 e. The van der Waals surface area contributed by atoms with Crippen LogP contribution in [0.15, 0.2) is 81.7 Å². The number of nitrogens with zero attached hydrogens (tertiary/aromatic N) is 2. The van der Waals surface area contributed by atoms with E-state index >= 15 is 0 Å². The molecule has 0 radical (unpaired) electrons. The van der Waals surface area contributed by atoms with Crippen molar-refractivity contribution >= 4 is 34.2 Å². The second-order valence-corrected chi connectivity index (χ2v) is 9.88. The van der Waals surface area contributed by atoms with Gasteiger partial charge in [0.05, 0.1) is 36.6 Å². The van der Waals surface area contributed by atoms with E-state index in [2.05, 4.69) is 4.99 Å². The van der Waals surface area contributed by atoms with Crippen LogP contribution in [0, 0.1) is 0 Å². The van der Waals surface area contributed by atoms with E-state index in [0.717, 1.165) is 22.8 Å². The summed E-state index contributed by atoms with van der Waals surface area (Å²) in [7, 11) is 2.89. The minimum Gasteiger partial charge on any atom is -0.493 e. The maximum Gasteiger partial charge on any atom is 0.338 e. The summed E-state index contributed by atoms with van der Waals surface area (Å²) in [4.78, 5) is 32.3. The van der Waals surface area contributed by atoms with E-state index in [1.807, 2.05) is 67.6 Å². The summed E-state index contributed by atoms with van der Waals surface area (Å²) in [6.45, 7) is 4.22. The number of thiazole rings is 1. The minimum atomic E-state index is -0.796. The van der Waals surface area contributed by atoms with Crippen LogP contribution in [-0.2, 0) is 9.53 Å². The Kier molecular flexibility index (Phi) is 7.15. The highest BCUT2D eigenvalue weighted by molar-refractivity contribution is 7.07. The Balaban J connectivity index is 1.79. The van der Waals surface area contributed by atoms with Gasteiger partial charge in [0.1, 0.15) is 6.04 Å². The highest BCUT2D eigenvalue weighted by Gasteiger charge is 2.35. The van der Waals surface area contributed by atoms with Crippen molar-refractivity contribution in [1.29, 1.82) is 0 Å². The fourth-order valence-electron chi connectivity index (χ4n) is 4.77. The van der Waals surface area contributed by atoms with Crippen molar-refractivity contribution in [1.82, 2.24) is 4.57 Å². The van der Waals surface area contributed by atoms with E-state index in [-0.39, 0.29) is 11.1 Å². The van der Waals surface area contributed by atoms with Crippen LogP contribution in [-0.4, -0.2) is 31.4 Å². The number of fused-ring (bicyclic) bond motifs is 2. The van der Waals surface area contributed by atoms with Gasteiger partial charge in [-0.15, -0.1) is 0 Å². The van der Waals surface area contributed by atoms with Crippen molar-refractivity contribution in [2.45, 2.75) is 26.3 Å². The number of esters is 1. The molecular formula is C30H28N2O5S. The minimum absolute atomic E-state index is 0.246. The fraction of sp³-hybridized carbons (Fsp3) is 0.233. The third-order valence-corrected chi connectivity index (χ3v) is 7.49. The number of ether oxygens (including phenoxy) is 3. The molecular weight excluding hydrogens is 500 g/mol. The summed E-state index contributed by atoms with van der Waals surface area (Å²) in [6.07, 6.45) is 2.67. The first-order valence-electron chi connectivity index (χ1n) is 12.4. The van der Waals surface area contributed by atoms with Crippen molar-refractivity contribution in [3.63, 3.8) is 0 Å². The molecule has 1 atom stereocenters. The normalized spacial score (nSPS) is 15.3. The number of carbonyl (C=O) groups is 1. The number of hydrogen-bond acceptors (Lipinski definition) is 7. The van der Waals surface area contributed by atoms with E-state index < -0.39 is 12.0 Å². The molecule has 1 aliphatic rings. The number of para-hydroxylation sites is 1. The van der Waals surface area contributed by atoms with Gasteiger partial charge in [-0.1, -0.05) is 72.9 Å². The van der Waals surface area contributed by atoms with E-state index in [0.29, 0.717) is 38.7 Å². The van der Waals surface area contributed by atoms with Gasteiger partial charge < -0.3 is 14.2 Å². The lowest BCUT2D eigenvalue weighted by atomic mass is 9.94. The van der Waals surface area contributed by atoms with Gasteiger partial charge in [-0.05, 0) is 41.8 Å². The Bertz CT molecular complexity index is 1740. The molecule has 1 aliphatic heterocycles. The summed E-state index contributed by atoms with van der Waals surface area (Å²) >= 11 is 1.29. The predicted molar refractivity (Wildman–Crippen MR) is 149 cm³/mol. The van der Waals surface area contributed by atoms with Crippen molar-refractivity contribution in [3.8, 4) is 11.5 Å². The first-order chi connectivity index (χ1) is 18.5. The topological polar surface area (TPSA) is 79.1 Å². The Morgan fingerprint density at radius 3 is 2.61 bits per heavy atom. The van der Waals surface area contributed by atoms with Gasteiger partial charge in [0.15, 0.2) is 16.3 Å². The zero-order valence-corrected chi connectivity index (χ0v) is 22.5. The van der Waals surface area contributed by atoms with Gasteiger partial charge in [-0.3, -0.25) is 9.36 Å². The second kappa shape index (κ2) is 10.7. The molecule has 0 N–H and O–H groups in total. The number of hydrogen-bond donors (Lipinski definition) is 0. The van der Waals surface area contributed by atoms with Crippen molar-refractivity contribution in [2.75, 3.05) is 20.8 Å². The molecule has 2 heterocycles. The molecule has 0 amide bonds. The van der Waals surface area contributed by atoms with E-state index in [1.54, 1.807) is 24.7 Å². The van der Waals surface area contributed by atoms with Gasteiger partial charge in [0, 0.05) is 5.56 Å². The smallest absolute Gasteiger partial charge is 0.338 e. The van der Waals surface area contributed by atoms with Crippen LogP contribution in [0.4, 0.5) is 0 Å². The lowest BCUT2D eigenvalue weighted by Crippen LogP contribution is -2.40. The molecule has 1 aromatic heterocycles. The van der Waals surface area contributed by atoms with E-state index in [4.69, 9.17) is 14.2 Å². The van der Waals surface area contributed by atoms with Gasteiger partial charge >= 0.3 is 5.97 Å². The number of carbonyl (C=O) groups excluding carboxylic acids is 1. The summed E-state index contributed by atoms with van der Waals surface area (Å²) < 4.78 is 18.9. The first kappa shape index (κ1) is 25.5. The van der Waals surface area contributed by atoms with E-state index in [9.17, 15) is 9.59 Å². The van der Waals surface area contributed by atoms with Gasteiger partial charge in [-0.25, -0.2) is 9.79 Å². The first-order valence-corrected chi connectivity index (χ1v) is 13.2. The summed E-state index contributed by atoms with van der Waals surface area (Å²) in [6, 6.07) is 18.7. The number of aromatic nitrogens is 1. The Hall–Kier alpha value is -4.17. The van der Waals surface area contributed by atoms with Crippen molar-refractivity contribution in [2.24, 2.45) is 4.99 Å². The standard InChI is InChI=1S/C30H28N2O5S/c1-5-16-37-27-22(14-9-15-23(27)35-3)26-25(29(34)36-4)18(2)31-30-32(26)28(33)24(38-30)17-20-12-8-11-19-10-6-7-13-21(19)20/h6-15,17,26H,5,16H2,1-4H3. The second-order valence-electron chi connectivity index (χ2n) is 8.87. The van der Waals surface area contributed by atoms with Gasteiger partial charge in [0.25, 0.3) is 5.56 Å². The predicted octanol–water partition coefficient (Wildman–Crippen LogP) is 4.36. The summed E-state index contributed by atoms with van der Waals surface area (Å²) in [5.41, 5.74) is 2.09. The highest BCUT2D eigenvalue weighted by atomic mass is 32.1. The maximum absolute atomic E-state index is 14.0. The molecule has 5 rings (SSSR count). The Morgan fingerprint density at radius 1 is 1.08 bits per heavy atom. The number of rotatable bonds is 7. The molecule has 0 saturated heterocycles. The average Bonchev–Trinajstić information content (AvgIpc) is 3.24. The molecule has 38 heavy (non-hydrogen) atoms. The molecule has 0 aliphatic carbocycles. The van der Waals surface area contributed by atoms with Gasteiger partial charge in [-0.2, -0.15) is 0 Å². The van der Waals surface area contributed by atoms with Crippen LogP contribution >= 0.6 is 11.3 Å². The summed E-state index contributed by atoms with van der Waals surface area (Å²) in [5.74, 6) is 0.457. The molecule has 8 heteroatoms. The third kappa shape index (κ3) is 4.41. The lowest BCUT2D eigenvalue weighted by Gasteiger charge is -2.26. The van der Waals surface area contributed by atoms with Crippen molar-refractivity contribution in [3.05, 3.63) is 103 Å². The van der Waals surface area contributed by atoms with Crippen LogP contribution in [0.3, 0.4) is 0 Å². The average molecular weight is 529 g/mol. The lowest BCUT2D eigenvalue weighted by molar-refractivity contribution is -0.136. The SMILES string of the molecule is CCCOc1c(OC)cccc1C1C(C(=O)OC)=C(C)N=c2sc(=Cc3cccc4ccccc34)c(=O)n21. The van der Waals surface area contributed by atoms with Crippen LogP contribution in [0.25, 0.3) is 16.8 Å². The molecule has 4 aromatic rings. The molecule has 194 valence electrons. The quantitative estimate of drug-likeness (QED) is 0.333. The Morgan fingerprint density at radius 2 is 1.84 bits per heavy atom. The maximum atomic E-state index is 14.0. The zero-order chi connectivity index (χ0) is 26.8. The van der Waals surface area contributed by atoms with Crippen LogP contribution in [0.1, 0.15) is 37.4 Å². The van der Waals surface area contributed by atoms with Crippen molar-refractivity contribution < 1.29 is 19.0 Å². The van der Waals surface area contributed by atoms with Crippen LogP contribution in [0.5, 0.6) is 11.5 Å². The van der Waals surface area contributed by atoms with Crippen LogP contribution in [0.2, 0.25) is 0 Å². The molecule has 7 nitrogen and oxygen atoms in total. The van der Waals surface area contributed by atoms with Gasteiger partial charge in [0.2, 0.25) is 0 Å². The number of methoxy groups -OCH3 is 2. The molecule has 3 aromatic carbocycles. The molecule has 1 unspecified atom stereocenters. The third-order valence-electron chi connectivity index (χ3n) is 6.51. The molecule has 0 fully saturated rings. The summed E-state index contributed by atoms with van der Waals surface area (Å²) in [5, 5.41) is 2.14.